The standard InChI is InChI=1S/C13H18N2O4/c1-17-6-2-7-18-8-5-15-11-9-10(14)3-4-12(11)19-13(15)16/h3-4,9H,2,5-8,14H2,1H3. The molecule has 6 heteroatoms. The largest absolute Gasteiger partial charge is 0.420 e. The van der Waals surface area contributed by atoms with Crippen LogP contribution in [0.1, 0.15) is 6.42 Å². The van der Waals surface area contributed by atoms with E-state index in [1.54, 1.807) is 25.3 Å². The van der Waals surface area contributed by atoms with Gasteiger partial charge in [0.15, 0.2) is 5.58 Å². The molecule has 104 valence electrons. The number of methoxy groups -OCH3 is 1. The molecule has 0 fully saturated rings. The van der Waals surface area contributed by atoms with Gasteiger partial charge >= 0.3 is 5.76 Å². The molecule has 0 aliphatic rings. The van der Waals surface area contributed by atoms with Crippen molar-refractivity contribution in [3.8, 4) is 0 Å². The van der Waals surface area contributed by atoms with Crippen molar-refractivity contribution >= 4 is 16.8 Å². The molecule has 1 aromatic heterocycles. The molecule has 0 saturated heterocycles. The van der Waals surface area contributed by atoms with Crippen LogP contribution in [0.2, 0.25) is 0 Å². The fourth-order valence-electron chi connectivity index (χ4n) is 1.85. The van der Waals surface area contributed by atoms with Crippen LogP contribution in [0.25, 0.3) is 11.1 Å². The summed E-state index contributed by atoms with van der Waals surface area (Å²) < 4.78 is 17.0. The van der Waals surface area contributed by atoms with Crippen LogP contribution in [0.4, 0.5) is 5.69 Å². The molecule has 0 atom stereocenters. The molecule has 0 aliphatic carbocycles. The minimum Gasteiger partial charge on any atom is -0.408 e. The fourth-order valence-corrected chi connectivity index (χ4v) is 1.85. The molecule has 0 amide bonds. The van der Waals surface area contributed by atoms with Gasteiger partial charge in [0.05, 0.1) is 18.7 Å². The number of oxazole rings is 1. The Kier molecular flexibility index (Phi) is 4.59. The normalized spacial score (nSPS) is 11.2. The second-order valence-electron chi connectivity index (χ2n) is 4.21. The van der Waals surface area contributed by atoms with E-state index in [2.05, 4.69) is 0 Å². The molecule has 1 aromatic carbocycles. The number of aromatic nitrogens is 1. The smallest absolute Gasteiger partial charge is 0.408 e. The van der Waals surface area contributed by atoms with Gasteiger partial charge in [-0.15, -0.1) is 0 Å². The Morgan fingerprint density at radius 1 is 1.32 bits per heavy atom. The highest BCUT2D eigenvalue weighted by molar-refractivity contribution is 5.76. The summed E-state index contributed by atoms with van der Waals surface area (Å²) in [5.74, 6) is -0.388. The molecule has 2 aromatic rings. The van der Waals surface area contributed by atoms with Crippen LogP contribution >= 0.6 is 0 Å². The quantitative estimate of drug-likeness (QED) is 0.602. The molecular formula is C13H18N2O4. The van der Waals surface area contributed by atoms with Gasteiger partial charge in [0, 0.05) is 26.0 Å². The number of benzene rings is 1. The Bertz CT molecular complexity index is 588. The number of fused-ring (bicyclic) bond motifs is 1. The van der Waals surface area contributed by atoms with Gasteiger partial charge in [-0.05, 0) is 24.6 Å². The number of hydrogen-bond donors (Lipinski definition) is 1. The Hall–Kier alpha value is -1.79. The third kappa shape index (κ3) is 3.36. The number of anilines is 1. The van der Waals surface area contributed by atoms with Crippen LogP contribution < -0.4 is 11.5 Å². The van der Waals surface area contributed by atoms with Gasteiger partial charge in [-0.3, -0.25) is 4.57 Å². The maximum atomic E-state index is 11.7. The topological polar surface area (TPSA) is 79.6 Å². The van der Waals surface area contributed by atoms with Crippen molar-refractivity contribution in [2.75, 3.05) is 32.7 Å². The second-order valence-corrected chi connectivity index (χ2v) is 4.21. The van der Waals surface area contributed by atoms with E-state index in [0.29, 0.717) is 43.2 Å². The van der Waals surface area contributed by atoms with E-state index in [0.717, 1.165) is 6.42 Å². The zero-order valence-electron chi connectivity index (χ0n) is 10.9. The van der Waals surface area contributed by atoms with Gasteiger partial charge in [-0.2, -0.15) is 0 Å². The lowest BCUT2D eigenvalue weighted by Gasteiger charge is -2.04. The van der Waals surface area contributed by atoms with Gasteiger partial charge in [0.25, 0.3) is 0 Å². The maximum Gasteiger partial charge on any atom is 0.420 e. The van der Waals surface area contributed by atoms with E-state index in [1.807, 2.05) is 0 Å². The first-order valence-corrected chi connectivity index (χ1v) is 6.18. The predicted octanol–water partition coefficient (Wildman–Crippen LogP) is 1.23. The first kappa shape index (κ1) is 13.6. The molecule has 0 aliphatic heterocycles. The lowest BCUT2D eigenvalue weighted by molar-refractivity contribution is 0.0972. The summed E-state index contributed by atoms with van der Waals surface area (Å²) in [5.41, 5.74) is 7.55. The van der Waals surface area contributed by atoms with Gasteiger partial charge in [-0.1, -0.05) is 0 Å². The summed E-state index contributed by atoms with van der Waals surface area (Å²) in [7, 11) is 1.65. The molecule has 0 spiro atoms. The number of hydrogen-bond acceptors (Lipinski definition) is 5. The lowest BCUT2D eigenvalue weighted by Crippen LogP contribution is -2.18. The van der Waals surface area contributed by atoms with Crippen LogP contribution in [0, 0.1) is 0 Å². The van der Waals surface area contributed by atoms with Crippen molar-refractivity contribution in [3.63, 3.8) is 0 Å². The highest BCUT2D eigenvalue weighted by Crippen LogP contribution is 2.16. The number of nitrogens with zero attached hydrogens (tertiary/aromatic N) is 1. The molecule has 0 unspecified atom stereocenters. The number of rotatable bonds is 7. The minimum atomic E-state index is -0.388. The van der Waals surface area contributed by atoms with Gasteiger partial charge in [-0.25, -0.2) is 4.79 Å². The predicted molar refractivity (Wildman–Crippen MR) is 72.2 cm³/mol. The molecule has 6 nitrogen and oxygen atoms in total. The third-order valence-corrected chi connectivity index (χ3v) is 2.79. The van der Waals surface area contributed by atoms with Crippen molar-refractivity contribution in [1.29, 1.82) is 0 Å². The molecule has 0 bridgehead atoms. The van der Waals surface area contributed by atoms with E-state index < -0.39 is 0 Å². The van der Waals surface area contributed by atoms with Crippen molar-refractivity contribution in [1.82, 2.24) is 4.57 Å². The Balaban J connectivity index is 1.98. The third-order valence-electron chi connectivity index (χ3n) is 2.79. The highest BCUT2D eigenvalue weighted by atomic mass is 16.5. The molecule has 2 rings (SSSR count). The fraction of sp³-hybridized carbons (Fsp3) is 0.462. The van der Waals surface area contributed by atoms with Crippen molar-refractivity contribution in [2.24, 2.45) is 0 Å². The minimum absolute atomic E-state index is 0.388. The summed E-state index contributed by atoms with van der Waals surface area (Å²) in [4.78, 5) is 11.7. The molecule has 19 heavy (non-hydrogen) atoms. The van der Waals surface area contributed by atoms with Gasteiger partial charge < -0.3 is 19.6 Å². The van der Waals surface area contributed by atoms with Crippen LogP contribution in [-0.2, 0) is 16.0 Å². The molecule has 1 heterocycles. The zero-order chi connectivity index (χ0) is 13.7. The highest BCUT2D eigenvalue weighted by Gasteiger charge is 2.08. The first-order chi connectivity index (χ1) is 9.22. The van der Waals surface area contributed by atoms with E-state index in [9.17, 15) is 4.79 Å². The van der Waals surface area contributed by atoms with Crippen LogP contribution in [0.15, 0.2) is 27.4 Å². The Morgan fingerprint density at radius 3 is 2.95 bits per heavy atom. The van der Waals surface area contributed by atoms with Gasteiger partial charge in [0.2, 0.25) is 0 Å². The lowest BCUT2D eigenvalue weighted by atomic mass is 10.3. The van der Waals surface area contributed by atoms with E-state index in [-0.39, 0.29) is 5.76 Å². The average Bonchev–Trinajstić information content (AvgIpc) is 2.69. The van der Waals surface area contributed by atoms with Crippen molar-refractivity contribution < 1.29 is 13.9 Å². The number of nitrogens with two attached hydrogens (primary N) is 1. The SMILES string of the molecule is COCCCOCCn1c(=O)oc2ccc(N)cc21. The number of nitrogen functional groups attached to an aromatic ring is 1. The molecule has 0 radical (unpaired) electrons. The van der Waals surface area contributed by atoms with E-state index in [4.69, 9.17) is 19.6 Å². The van der Waals surface area contributed by atoms with Crippen LogP contribution in [0.5, 0.6) is 0 Å². The summed E-state index contributed by atoms with van der Waals surface area (Å²) in [6.45, 7) is 2.18. The Labute approximate surface area is 110 Å². The summed E-state index contributed by atoms with van der Waals surface area (Å²) in [6, 6.07) is 5.13. The summed E-state index contributed by atoms with van der Waals surface area (Å²) in [6.07, 6.45) is 0.838. The maximum absolute atomic E-state index is 11.7. The Morgan fingerprint density at radius 2 is 2.16 bits per heavy atom. The monoisotopic (exact) mass is 266 g/mol. The average molecular weight is 266 g/mol. The van der Waals surface area contributed by atoms with Crippen molar-refractivity contribution in [2.45, 2.75) is 13.0 Å². The zero-order valence-corrected chi connectivity index (χ0v) is 10.9. The first-order valence-electron chi connectivity index (χ1n) is 6.18. The molecule has 0 saturated carbocycles. The molecular weight excluding hydrogens is 248 g/mol. The summed E-state index contributed by atoms with van der Waals surface area (Å²) in [5, 5.41) is 0. The summed E-state index contributed by atoms with van der Waals surface area (Å²) >= 11 is 0. The van der Waals surface area contributed by atoms with Crippen LogP contribution in [-0.4, -0.2) is 31.5 Å². The van der Waals surface area contributed by atoms with Crippen LogP contribution in [0.3, 0.4) is 0 Å². The van der Waals surface area contributed by atoms with E-state index in [1.165, 1.54) is 4.57 Å². The number of ether oxygens (including phenoxy) is 2. The van der Waals surface area contributed by atoms with Gasteiger partial charge in [0.1, 0.15) is 0 Å². The second kappa shape index (κ2) is 6.40. The molecule has 2 N–H and O–H groups in total. The van der Waals surface area contributed by atoms with E-state index >= 15 is 0 Å². The van der Waals surface area contributed by atoms with Crippen molar-refractivity contribution in [3.05, 3.63) is 28.7 Å².